The van der Waals surface area contributed by atoms with Crippen molar-refractivity contribution in [2.45, 2.75) is 44.2 Å². The lowest BCUT2D eigenvalue weighted by Crippen LogP contribution is -2.36. The van der Waals surface area contributed by atoms with Gasteiger partial charge in [-0.05, 0) is 25.0 Å². The van der Waals surface area contributed by atoms with Crippen LogP contribution in [0.1, 0.15) is 32.4 Å². The van der Waals surface area contributed by atoms with E-state index >= 15 is 0 Å². The molecule has 0 spiro atoms. The average molecular weight is 271 g/mol. The van der Waals surface area contributed by atoms with Gasteiger partial charge in [-0.25, -0.2) is 8.42 Å². The van der Waals surface area contributed by atoms with Crippen molar-refractivity contribution in [3.8, 4) is 0 Å². The van der Waals surface area contributed by atoms with Gasteiger partial charge in [0.05, 0.1) is 5.69 Å². The molecule has 1 rings (SSSR count). The highest BCUT2D eigenvalue weighted by molar-refractivity contribution is 7.89. The van der Waals surface area contributed by atoms with Crippen molar-refractivity contribution < 1.29 is 8.42 Å². The first-order chi connectivity index (χ1) is 8.47. The van der Waals surface area contributed by atoms with Crippen LogP contribution in [0.2, 0.25) is 0 Å². The Labute approximate surface area is 109 Å². The van der Waals surface area contributed by atoms with E-state index in [9.17, 15) is 8.42 Å². The molecule has 2 N–H and O–H groups in total. The maximum atomic E-state index is 12.3. The maximum Gasteiger partial charge on any atom is 0.244 e. The van der Waals surface area contributed by atoms with Crippen molar-refractivity contribution in [3.05, 3.63) is 24.0 Å². The molecule has 1 heterocycles. The lowest BCUT2D eigenvalue weighted by molar-refractivity contribution is 0.349. The van der Waals surface area contributed by atoms with Crippen molar-refractivity contribution >= 4 is 10.0 Å². The van der Waals surface area contributed by atoms with E-state index in [0.29, 0.717) is 12.2 Å². The molecule has 0 saturated heterocycles. The summed E-state index contributed by atoms with van der Waals surface area (Å²) < 4.78 is 26.1. The second-order valence-electron chi connectivity index (χ2n) is 4.18. The van der Waals surface area contributed by atoms with E-state index < -0.39 is 10.0 Å². The van der Waals surface area contributed by atoms with Crippen LogP contribution >= 0.6 is 0 Å². The molecular weight excluding hydrogens is 250 g/mol. The molecule has 5 nitrogen and oxygen atoms in total. The zero-order chi connectivity index (χ0) is 13.8. The van der Waals surface area contributed by atoms with Gasteiger partial charge in [0.25, 0.3) is 0 Å². The molecule has 0 aliphatic heterocycles. The van der Waals surface area contributed by atoms with Gasteiger partial charge in [-0.2, -0.15) is 4.31 Å². The third kappa shape index (κ3) is 3.07. The van der Waals surface area contributed by atoms with Crippen molar-refractivity contribution in [1.29, 1.82) is 0 Å². The Hall–Kier alpha value is -0.980. The van der Waals surface area contributed by atoms with Crippen LogP contribution in [-0.2, 0) is 16.6 Å². The highest BCUT2D eigenvalue weighted by Gasteiger charge is 2.26. The van der Waals surface area contributed by atoms with E-state index in [1.54, 1.807) is 19.2 Å². The predicted molar refractivity (Wildman–Crippen MR) is 71.4 cm³/mol. The standard InChI is InChI=1S/C12H21N3O2S/c1-4-11(5-2)15(3)18(16,17)12-7-6-10(8-13)14-9-12/h6-7,9,11H,4-5,8,13H2,1-3H3. The number of hydrogen-bond donors (Lipinski definition) is 1. The molecule has 1 aromatic heterocycles. The summed E-state index contributed by atoms with van der Waals surface area (Å²) in [5.74, 6) is 0. The Balaban J connectivity index is 3.04. The molecule has 0 radical (unpaired) electrons. The van der Waals surface area contributed by atoms with E-state index in [1.807, 2.05) is 13.8 Å². The molecule has 102 valence electrons. The van der Waals surface area contributed by atoms with Crippen LogP contribution in [0.4, 0.5) is 0 Å². The molecule has 0 aliphatic rings. The summed E-state index contributed by atoms with van der Waals surface area (Å²) in [4.78, 5) is 4.24. The Morgan fingerprint density at radius 2 is 1.94 bits per heavy atom. The number of aromatic nitrogens is 1. The van der Waals surface area contributed by atoms with E-state index in [1.165, 1.54) is 10.5 Å². The second-order valence-corrected chi connectivity index (χ2v) is 6.18. The lowest BCUT2D eigenvalue weighted by atomic mass is 10.2. The third-order valence-corrected chi connectivity index (χ3v) is 5.03. The Morgan fingerprint density at radius 3 is 2.33 bits per heavy atom. The lowest BCUT2D eigenvalue weighted by Gasteiger charge is -2.25. The first-order valence-electron chi connectivity index (χ1n) is 6.10. The average Bonchev–Trinajstić information content (AvgIpc) is 2.40. The SMILES string of the molecule is CCC(CC)N(C)S(=O)(=O)c1ccc(CN)nc1. The van der Waals surface area contributed by atoms with Gasteiger partial charge in [-0.3, -0.25) is 4.98 Å². The normalized spacial score (nSPS) is 12.3. The molecular formula is C12H21N3O2S. The molecule has 0 saturated carbocycles. The monoisotopic (exact) mass is 271 g/mol. The van der Waals surface area contributed by atoms with Crippen LogP contribution in [-0.4, -0.2) is 30.8 Å². The minimum absolute atomic E-state index is 0.0178. The van der Waals surface area contributed by atoms with E-state index in [4.69, 9.17) is 5.73 Å². The molecule has 0 aromatic carbocycles. The topological polar surface area (TPSA) is 76.3 Å². The Bertz CT molecular complexity index is 467. The van der Waals surface area contributed by atoms with Crippen molar-refractivity contribution in [3.63, 3.8) is 0 Å². The molecule has 0 amide bonds. The number of nitrogens with zero attached hydrogens (tertiary/aromatic N) is 2. The van der Waals surface area contributed by atoms with Gasteiger partial charge in [0, 0.05) is 25.8 Å². The largest absolute Gasteiger partial charge is 0.325 e. The quantitative estimate of drug-likeness (QED) is 0.847. The van der Waals surface area contributed by atoms with E-state index in [0.717, 1.165) is 12.8 Å². The number of sulfonamides is 1. The minimum atomic E-state index is -3.46. The van der Waals surface area contributed by atoms with E-state index in [2.05, 4.69) is 4.98 Å². The molecule has 0 bridgehead atoms. The molecule has 0 aliphatic carbocycles. The van der Waals surface area contributed by atoms with Crippen molar-refractivity contribution in [2.75, 3.05) is 7.05 Å². The van der Waals surface area contributed by atoms with Gasteiger partial charge in [0.1, 0.15) is 4.90 Å². The summed E-state index contributed by atoms with van der Waals surface area (Å²) in [6, 6.07) is 3.22. The molecule has 0 atom stereocenters. The molecule has 6 heteroatoms. The van der Waals surface area contributed by atoms with Gasteiger partial charge in [-0.15, -0.1) is 0 Å². The first kappa shape index (κ1) is 15.1. The van der Waals surface area contributed by atoms with E-state index in [-0.39, 0.29) is 10.9 Å². The number of rotatable bonds is 6. The highest BCUT2D eigenvalue weighted by Crippen LogP contribution is 2.18. The summed E-state index contributed by atoms with van der Waals surface area (Å²) in [5, 5.41) is 0. The summed E-state index contributed by atoms with van der Waals surface area (Å²) >= 11 is 0. The zero-order valence-corrected chi connectivity index (χ0v) is 11.9. The molecule has 0 unspecified atom stereocenters. The number of nitrogens with two attached hydrogens (primary N) is 1. The molecule has 1 aromatic rings. The maximum absolute atomic E-state index is 12.3. The van der Waals surface area contributed by atoms with Crippen LogP contribution in [0.5, 0.6) is 0 Å². The highest BCUT2D eigenvalue weighted by atomic mass is 32.2. The van der Waals surface area contributed by atoms with Crippen LogP contribution in [0.3, 0.4) is 0 Å². The van der Waals surface area contributed by atoms with Crippen LogP contribution < -0.4 is 5.73 Å². The van der Waals surface area contributed by atoms with Gasteiger partial charge < -0.3 is 5.73 Å². The van der Waals surface area contributed by atoms with Gasteiger partial charge in [0.2, 0.25) is 10.0 Å². The number of pyridine rings is 1. The van der Waals surface area contributed by atoms with Gasteiger partial charge in [-0.1, -0.05) is 13.8 Å². The zero-order valence-electron chi connectivity index (χ0n) is 11.1. The summed E-state index contributed by atoms with van der Waals surface area (Å²) in [7, 11) is -1.84. The summed E-state index contributed by atoms with van der Waals surface area (Å²) in [6.45, 7) is 4.27. The smallest absolute Gasteiger partial charge is 0.244 e. The third-order valence-electron chi connectivity index (χ3n) is 3.14. The van der Waals surface area contributed by atoms with Gasteiger partial charge >= 0.3 is 0 Å². The molecule has 18 heavy (non-hydrogen) atoms. The predicted octanol–water partition coefficient (Wildman–Crippen LogP) is 1.35. The summed E-state index contributed by atoms with van der Waals surface area (Å²) in [5.41, 5.74) is 6.12. The first-order valence-corrected chi connectivity index (χ1v) is 7.54. The fraction of sp³-hybridized carbons (Fsp3) is 0.583. The Kier molecular flexibility index (Phi) is 5.25. The minimum Gasteiger partial charge on any atom is -0.325 e. The molecule has 0 fully saturated rings. The van der Waals surface area contributed by atoms with Gasteiger partial charge in [0.15, 0.2) is 0 Å². The fourth-order valence-corrected chi connectivity index (χ4v) is 3.30. The summed E-state index contributed by atoms with van der Waals surface area (Å²) in [6.07, 6.45) is 2.96. The van der Waals surface area contributed by atoms with Crippen LogP contribution in [0.15, 0.2) is 23.2 Å². The van der Waals surface area contributed by atoms with Crippen molar-refractivity contribution in [1.82, 2.24) is 9.29 Å². The van der Waals surface area contributed by atoms with Crippen molar-refractivity contribution in [2.24, 2.45) is 5.73 Å². The fourth-order valence-electron chi connectivity index (χ4n) is 1.85. The number of hydrogen-bond acceptors (Lipinski definition) is 4. The Morgan fingerprint density at radius 1 is 1.33 bits per heavy atom. The second kappa shape index (κ2) is 6.26. The van der Waals surface area contributed by atoms with Crippen LogP contribution in [0, 0.1) is 0 Å². The van der Waals surface area contributed by atoms with Crippen LogP contribution in [0.25, 0.3) is 0 Å².